The van der Waals surface area contributed by atoms with Gasteiger partial charge in [0.1, 0.15) is 0 Å². The van der Waals surface area contributed by atoms with Crippen LogP contribution in [-0.4, -0.2) is 69.2 Å². The average molecular weight is 661 g/mol. The maximum absolute atomic E-state index is 12.6. The molecule has 3 N–H and O–H groups in total. The van der Waals surface area contributed by atoms with Gasteiger partial charge < -0.3 is 34.3 Å². The standard InChI is InChI=1S/C22H34O6.C15H22O4/c1-12-6-16-18(27-16)8-14(12)10-22(21(25)26,5-3-4-20(23)24)11-15-9-19-17(28-19)7-13(15)2;1-12(6-4-3-5-7-12)13(2)9-15-14(18-15,19-15)8-10(13)11(16)17/h12-19H,3-11H2,1-2H3,(H,23,24)(H,25,26);10H,3-9H2,1-2H3,(H,16,17). The monoisotopic (exact) mass is 660 g/mol. The number of carboxylic acid groups (broad SMARTS) is 3. The SMILES string of the molecule is CC1(C2(C)CC34OC3(CC2C(=O)O)O4)CCCCC1.CC1CC2OC2CC1CC(CCCC(=O)O)(CC1CC2OC2CC1C)C(=O)O. The first-order valence-electron chi connectivity index (χ1n) is 18.5. The summed E-state index contributed by atoms with van der Waals surface area (Å²) in [6.07, 6.45) is 14.9. The van der Waals surface area contributed by atoms with Crippen LogP contribution in [0.15, 0.2) is 0 Å². The molecule has 10 unspecified atom stereocenters. The van der Waals surface area contributed by atoms with E-state index in [1.807, 2.05) is 0 Å². The summed E-state index contributed by atoms with van der Waals surface area (Å²) in [5.74, 6) is -1.90. The van der Waals surface area contributed by atoms with Crippen LogP contribution in [-0.2, 0) is 33.3 Å². The molecule has 8 fully saturated rings. The Morgan fingerprint density at radius 2 is 1.30 bits per heavy atom. The molecule has 8 rings (SSSR count). The van der Waals surface area contributed by atoms with E-state index in [0.717, 1.165) is 44.9 Å². The first kappa shape index (κ1) is 33.7. The summed E-state index contributed by atoms with van der Waals surface area (Å²) in [5.41, 5.74) is -0.945. The second-order valence-electron chi connectivity index (χ2n) is 17.6. The van der Waals surface area contributed by atoms with Crippen molar-refractivity contribution in [1.29, 1.82) is 0 Å². The van der Waals surface area contributed by atoms with Crippen molar-refractivity contribution in [1.82, 2.24) is 0 Å². The zero-order valence-electron chi connectivity index (χ0n) is 28.7. The summed E-state index contributed by atoms with van der Waals surface area (Å²) in [5, 5.41) is 29.1. The van der Waals surface area contributed by atoms with Gasteiger partial charge in [-0.2, -0.15) is 0 Å². The minimum atomic E-state index is -0.847. The van der Waals surface area contributed by atoms with Gasteiger partial charge in [-0.3, -0.25) is 14.4 Å². The molecular weight excluding hydrogens is 604 g/mol. The normalized spacial score (nSPS) is 47.6. The van der Waals surface area contributed by atoms with E-state index in [9.17, 15) is 24.6 Å². The van der Waals surface area contributed by atoms with Gasteiger partial charge in [0.25, 0.3) is 0 Å². The molecule has 10 heteroatoms. The van der Waals surface area contributed by atoms with E-state index in [1.165, 1.54) is 19.3 Å². The fourth-order valence-electron chi connectivity index (χ4n) is 11.0. The number of hydrogen-bond donors (Lipinski definition) is 3. The minimum absolute atomic E-state index is 0.0388. The van der Waals surface area contributed by atoms with Gasteiger partial charge >= 0.3 is 17.9 Å². The molecule has 0 radical (unpaired) electrons. The maximum atomic E-state index is 12.6. The molecule has 264 valence electrons. The summed E-state index contributed by atoms with van der Waals surface area (Å²) in [4.78, 5) is 35.5. The van der Waals surface area contributed by atoms with Crippen molar-refractivity contribution < 1.29 is 48.7 Å². The molecule has 8 aliphatic rings. The molecule has 4 saturated carbocycles. The molecule has 4 aliphatic heterocycles. The van der Waals surface area contributed by atoms with Gasteiger partial charge in [-0.15, -0.1) is 0 Å². The highest BCUT2D eigenvalue weighted by atomic mass is 17.0. The van der Waals surface area contributed by atoms with Crippen molar-refractivity contribution in [3.8, 4) is 0 Å². The van der Waals surface area contributed by atoms with Gasteiger partial charge in [-0.25, -0.2) is 0 Å². The number of aliphatic carboxylic acids is 3. The van der Waals surface area contributed by atoms with E-state index < -0.39 is 34.9 Å². The number of hydrogen-bond acceptors (Lipinski definition) is 7. The van der Waals surface area contributed by atoms with E-state index in [1.54, 1.807) is 0 Å². The molecule has 0 bridgehead atoms. The lowest BCUT2D eigenvalue weighted by atomic mass is 9.50. The van der Waals surface area contributed by atoms with Crippen LogP contribution in [0.5, 0.6) is 0 Å². The summed E-state index contributed by atoms with van der Waals surface area (Å²) >= 11 is 0. The molecule has 4 aliphatic carbocycles. The van der Waals surface area contributed by atoms with Gasteiger partial charge in [0, 0.05) is 19.3 Å². The molecule has 10 atom stereocenters. The van der Waals surface area contributed by atoms with Crippen molar-refractivity contribution in [2.24, 2.45) is 45.8 Å². The Labute approximate surface area is 278 Å². The van der Waals surface area contributed by atoms with E-state index in [2.05, 4.69) is 27.7 Å². The van der Waals surface area contributed by atoms with Gasteiger partial charge in [0.2, 0.25) is 11.6 Å². The van der Waals surface area contributed by atoms with Crippen LogP contribution in [0, 0.1) is 45.8 Å². The van der Waals surface area contributed by atoms with Gasteiger partial charge in [0.05, 0.1) is 35.7 Å². The van der Waals surface area contributed by atoms with Crippen molar-refractivity contribution >= 4 is 17.9 Å². The van der Waals surface area contributed by atoms with Crippen molar-refractivity contribution in [3.63, 3.8) is 0 Å². The predicted octanol–water partition coefficient (Wildman–Crippen LogP) is 6.63. The maximum Gasteiger partial charge on any atom is 0.309 e. The topological polar surface area (TPSA) is 162 Å². The molecule has 47 heavy (non-hydrogen) atoms. The number of ether oxygens (including phenoxy) is 4. The molecule has 0 spiro atoms. The van der Waals surface area contributed by atoms with Crippen molar-refractivity contribution in [2.75, 3.05) is 0 Å². The Morgan fingerprint density at radius 3 is 1.79 bits per heavy atom. The predicted molar refractivity (Wildman–Crippen MR) is 169 cm³/mol. The lowest BCUT2D eigenvalue weighted by Crippen LogP contribution is -2.50. The Kier molecular flexibility index (Phi) is 8.37. The Balaban J connectivity index is 0.000000160. The second-order valence-corrected chi connectivity index (χ2v) is 17.6. The lowest BCUT2D eigenvalue weighted by molar-refractivity contribution is -0.155. The van der Waals surface area contributed by atoms with Crippen LogP contribution < -0.4 is 0 Å². The molecule has 10 nitrogen and oxygen atoms in total. The van der Waals surface area contributed by atoms with Gasteiger partial charge in [0.15, 0.2) is 0 Å². The van der Waals surface area contributed by atoms with E-state index >= 15 is 0 Å². The molecule has 0 amide bonds. The van der Waals surface area contributed by atoms with Gasteiger partial charge in [-0.05, 0) is 98.7 Å². The van der Waals surface area contributed by atoms with E-state index in [0.29, 0.717) is 80.2 Å². The minimum Gasteiger partial charge on any atom is -0.481 e. The fourth-order valence-corrected chi connectivity index (χ4v) is 11.0. The highest BCUT2D eigenvalue weighted by Gasteiger charge is 2.94. The largest absolute Gasteiger partial charge is 0.481 e. The Morgan fingerprint density at radius 1 is 0.766 bits per heavy atom. The first-order valence-corrected chi connectivity index (χ1v) is 18.5. The highest BCUT2D eigenvalue weighted by molar-refractivity contribution is 5.75. The third-order valence-corrected chi connectivity index (χ3v) is 14.7. The number of carbonyl (C=O) groups is 3. The van der Waals surface area contributed by atoms with E-state index in [4.69, 9.17) is 24.1 Å². The molecule has 4 saturated heterocycles. The molecule has 0 aromatic heterocycles. The Bertz CT molecular complexity index is 1220. The summed E-state index contributed by atoms with van der Waals surface area (Å²) in [7, 11) is 0. The summed E-state index contributed by atoms with van der Waals surface area (Å²) in [6.45, 7) is 8.90. The molecule has 4 heterocycles. The molecule has 0 aromatic carbocycles. The molecular formula is C37H56O10. The smallest absolute Gasteiger partial charge is 0.309 e. The first-order chi connectivity index (χ1) is 22.1. The Hall–Kier alpha value is -1.75. The average Bonchev–Trinajstić information content (AvgIpc) is 3.86. The quantitative estimate of drug-likeness (QED) is 0.205. The fraction of sp³-hybridized carbons (Fsp3) is 0.919. The molecule has 0 aromatic rings. The lowest BCUT2D eigenvalue weighted by Gasteiger charge is -2.52. The van der Waals surface area contributed by atoms with Crippen LogP contribution in [0.3, 0.4) is 0 Å². The second kappa shape index (κ2) is 11.7. The number of carboxylic acids is 3. The van der Waals surface area contributed by atoms with Crippen molar-refractivity contribution in [3.05, 3.63) is 0 Å². The zero-order valence-corrected chi connectivity index (χ0v) is 28.7. The number of fused-ring (bicyclic) bond motifs is 2. The number of rotatable bonds is 11. The van der Waals surface area contributed by atoms with Gasteiger partial charge in [-0.1, -0.05) is 47.0 Å². The van der Waals surface area contributed by atoms with E-state index in [-0.39, 0.29) is 23.2 Å². The van der Waals surface area contributed by atoms with Crippen LogP contribution in [0.1, 0.15) is 130 Å². The zero-order chi connectivity index (χ0) is 33.6. The highest BCUT2D eigenvalue weighted by Crippen LogP contribution is 2.80. The van der Waals surface area contributed by atoms with Crippen LogP contribution in [0.4, 0.5) is 0 Å². The third-order valence-electron chi connectivity index (χ3n) is 14.7. The number of epoxide rings is 4. The summed E-state index contributed by atoms with van der Waals surface area (Å²) < 4.78 is 22.8. The van der Waals surface area contributed by atoms with Crippen molar-refractivity contribution in [2.45, 2.75) is 166 Å². The van der Waals surface area contributed by atoms with Crippen LogP contribution in [0.2, 0.25) is 0 Å². The third kappa shape index (κ3) is 6.05. The van der Waals surface area contributed by atoms with Crippen LogP contribution in [0.25, 0.3) is 0 Å². The van der Waals surface area contributed by atoms with Crippen LogP contribution >= 0.6 is 0 Å². The summed E-state index contributed by atoms with van der Waals surface area (Å²) in [6, 6.07) is 0.